The summed E-state index contributed by atoms with van der Waals surface area (Å²) in [5, 5.41) is 0.315. The summed E-state index contributed by atoms with van der Waals surface area (Å²) in [4.78, 5) is 19.0. The van der Waals surface area contributed by atoms with Crippen LogP contribution in [0.25, 0.3) is 0 Å². The van der Waals surface area contributed by atoms with Crippen LogP contribution in [0.1, 0.15) is 91.4 Å². The summed E-state index contributed by atoms with van der Waals surface area (Å²) < 4.78 is 0. The van der Waals surface area contributed by atoms with Gasteiger partial charge in [0.25, 0.3) is 0 Å². The van der Waals surface area contributed by atoms with E-state index in [9.17, 15) is 9.79 Å². The normalized spacial score (nSPS) is 13.2. The Morgan fingerprint density at radius 3 is 1.77 bits per heavy atom. The molecule has 0 aromatic rings. The van der Waals surface area contributed by atoms with Crippen LogP contribution in [-0.4, -0.2) is 15.0 Å². The molecule has 6 heteroatoms. The first-order valence-corrected chi connectivity index (χ1v) is 12.8. The summed E-state index contributed by atoms with van der Waals surface area (Å²) in [7, 11) is 0. The van der Waals surface area contributed by atoms with Gasteiger partial charge in [0.05, 0.1) is 0 Å². The molecule has 0 saturated carbocycles. The second-order valence-corrected chi connectivity index (χ2v) is 12.7. The van der Waals surface area contributed by atoms with Crippen LogP contribution in [-0.2, 0) is 31.3 Å². The third kappa shape index (κ3) is 19.6. The third-order valence-corrected chi connectivity index (χ3v) is 7.14. The van der Waals surface area contributed by atoms with Gasteiger partial charge in [0, 0.05) is 24.7 Å². The van der Waals surface area contributed by atoms with Crippen LogP contribution in [0.15, 0.2) is 0 Å². The zero-order chi connectivity index (χ0) is 16.1. The van der Waals surface area contributed by atoms with Crippen LogP contribution in [0.4, 0.5) is 0 Å². The molecule has 0 aliphatic rings. The fraction of sp³-hybridized carbons (Fsp3) is 1.00. The predicted molar refractivity (Wildman–Crippen MR) is 101 cm³/mol. The minimum absolute atomic E-state index is 0. The van der Waals surface area contributed by atoms with E-state index in [1.807, 2.05) is 0 Å². The Morgan fingerprint density at radius 1 is 0.909 bits per heavy atom. The minimum Gasteiger partial charge on any atom is -0.338 e. The van der Waals surface area contributed by atoms with Crippen LogP contribution in [0.3, 0.4) is 0 Å². The molecular weight excluding hydrogens is 385 g/mol. The van der Waals surface area contributed by atoms with Crippen LogP contribution >= 0.6 is 17.1 Å². The van der Waals surface area contributed by atoms with Gasteiger partial charge < -0.3 is 9.79 Å². The largest absolute Gasteiger partial charge is 0.338 e. The van der Waals surface area contributed by atoms with Gasteiger partial charge in [0.2, 0.25) is 5.69 Å². The van der Waals surface area contributed by atoms with E-state index in [1.54, 1.807) is 0 Å². The second-order valence-electron chi connectivity index (χ2n) is 6.46. The Hall–Kier alpha value is 1.54. The van der Waals surface area contributed by atoms with E-state index in [4.69, 9.17) is 11.8 Å². The molecule has 0 fully saturated rings. The smallest absolute Gasteiger partial charge is 0.242 e. The molecule has 0 bridgehead atoms. The first-order chi connectivity index (χ1) is 9.85. The molecule has 2 N–H and O–H groups in total. The Morgan fingerprint density at radius 2 is 1.36 bits per heavy atom. The van der Waals surface area contributed by atoms with Crippen molar-refractivity contribution in [1.29, 1.82) is 0 Å². The Bertz CT molecular complexity index is 285. The summed E-state index contributed by atoms with van der Waals surface area (Å²) in [6.45, 7) is 6.62. The molecule has 0 aliphatic carbocycles. The van der Waals surface area contributed by atoms with E-state index in [0.29, 0.717) is 11.2 Å². The SMILES string of the molecule is CCCCCCCCCCCC(CC(C)C)SP(O)(O)=S.[Zn]. The average Bonchev–Trinajstić information content (AvgIpc) is 2.34. The Balaban J connectivity index is 0. The van der Waals surface area contributed by atoms with Gasteiger partial charge in [-0.2, -0.15) is 0 Å². The second kappa shape index (κ2) is 16.0. The molecule has 1 atom stereocenters. The molecule has 22 heavy (non-hydrogen) atoms. The van der Waals surface area contributed by atoms with E-state index in [2.05, 4.69) is 20.8 Å². The maximum Gasteiger partial charge on any atom is 0.242 e. The molecule has 0 aromatic heterocycles. The van der Waals surface area contributed by atoms with Crippen molar-refractivity contribution in [2.24, 2.45) is 5.92 Å². The topological polar surface area (TPSA) is 40.5 Å². The number of rotatable bonds is 14. The molecule has 1 unspecified atom stereocenters. The van der Waals surface area contributed by atoms with Crippen LogP contribution in [0, 0.1) is 5.92 Å². The zero-order valence-corrected chi connectivity index (χ0v) is 20.3. The van der Waals surface area contributed by atoms with Crippen LogP contribution in [0.5, 0.6) is 0 Å². The van der Waals surface area contributed by atoms with Crippen molar-refractivity contribution in [3.63, 3.8) is 0 Å². The zero-order valence-electron chi connectivity index (χ0n) is 14.8. The Labute approximate surface area is 160 Å². The number of hydrogen-bond donors (Lipinski definition) is 2. The van der Waals surface area contributed by atoms with Gasteiger partial charge in [-0.3, -0.25) is 0 Å². The van der Waals surface area contributed by atoms with Crippen molar-refractivity contribution in [2.75, 3.05) is 0 Å². The summed E-state index contributed by atoms with van der Waals surface area (Å²) in [5.41, 5.74) is -3.11. The fourth-order valence-electron chi connectivity index (χ4n) is 2.62. The van der Waals surface area contributed by atoms with Gasteiger partial charge in [0.15, 0.2) is 0 Å². The van der Waals surface area contributed by atoms with Gasteiger partial charge in [-0.15, -0.1) is 0 Å². The number of hydrogen-bond acceptors (Lipinski definition) is 2. The molecule has 0 aliphatic heterocycles. The quantitative estimate of drug-likeness (QED) is 0.198. The van der Waals surface area contributed by atoms with Crippen LogP contribution < -0.4 is 0 Å². The fourth-order valence-corrected chi connectivity index (χ4v) is 6.58. The summed E-state index contributed by atoms with van der Waals surface area (Å²) in [5.74, 6) is 0.586. The van der Waals surface area contributed by atoms with E-state index in [-0.39, 0.29) is 19.5 Å². The molecule has 0 aromatic carbocycles. The maximum absolute atomic E-state index is 9.49. The monoisotopic (exact) mass is 418 g/mol. The van der Waals surface area contributed by atoms with Crippen molar-refractivity contribution in [3.8, 4) is 0 Å². The van der Waals surface area contributed by atoms with Crippen molar-refractivity contribution >= 4 is 28.9 Å². The van der Waals surface area contributed by atoms with E-state index >= 15 is 0 Å². The molecule has 0 heterocycles. The Kier molecular flexibility index (Phi) is 18.8. The standard InChI is InChI=1S/C16H35O2PS2.Zn/c1-4-5-6-7-8-9-10-11-12-13-16(14-15(2)3)21-19(17,18)20;/h15-16H,4-14H2,1-3H3,(H2,17,18,20);. The summed E-state index contributed by atoms with van der Waals surface area (Å²) >= 11 is 6.01. The molecule has 0 spiro atoms. The first-order valence-electron chi connectivity index (χ1n) is 8.59. The van der Waals surface area contributed by atoms with Gasteiger partial charge in [-0.1, -0.05) is 89.9 Å². The molecule has 0 rings (SSSR count). The summed E-state index contributed by atoms with van der Waals surface area (Å²) in [6, 6.07) is 0. The van der Waals surface area contributed by atoms with Crippen molar-refractivity contribution in [3.05, 3.63) is 0 Å². The summed E-state index contributed by atoms with van der Waals surface area (Å²) in [6.07, 6.45) is 14.1. The van der Waals surface area contributed by atoms with Crippen molar-refractivity contribution in [1.82, 2.24) is 0 Å². The molecule has 2 nitrogen and oxygen atoms in total. The molecular formula is C16H35O2PS2Zn. The predicted octanol–water partition coefficient (Wildman–Crippen LogP) is 6.26. The molecule has 0 amide bonds. The van der Waals surface area contributed by atoms with Gasteiger partial charge in [-0.05, 0) is 30.6 Å². The average molecular weight is 420 g/mol. The van der Waals surface area contributed by atoms with E-state index in [1.165, 1.54) is 69.2 Å². The van der Waals surface area contributed by atoms with E-state index < -0.39 is 5.69 Å². The van der Waals surface area contributed by atoms with Gasteiger partial charge >= 0.3 is 0 Å². The van der Waals surface area contributed by atoms with Gasteiger partial charge in [0.1, 0.15) is 0 Å². The first kappa shape index (κ1) is 25.8. The van der Waals surface area contributed by atoms with Crippen molar-refractivity contribution < 1.29 is 29.3 Å². The molecule has 0 saturated heterocycles. The number of unbranched alkanes of at least 4 members (excludes halogenated alkanes) is 8. The van der Waals surface area contributed by atoms with E-state index in [0.717, 1.165) is 12.8 Å². The third-order valence-electron chi connectivity index (χ3n) is 3.65. The van der Waals surface area contributed by atoms with Crippen molar-refractivity contribution in [2.45, 2.75) is 96.7 Å². The minimum atomic E-state index is -3.11. The maximum atomic E-state index is 9.49. The molecule has 0 radical (unpaired) electrons. The van der Waals surface area contributed by atoms with Crippen LogP contribution in [0.2, 0.25) is 0 Å². The molecule has 130 valence electrons. The van der Waals surface area contributed by atoms with Gasteiger partial charge in [-0.25, -0.2) is 0 Å².